The molecule has 0 bridgehead atoms. The van der Waals surface area contributed by atoms with Gasteiger partial charge in [0, 0.05) is 13.2 Å². The largest absolute Gasteiger partial charge is 0.378 e. The highest BCUT2D eigenvalue weighted by molar-refractivity contribution is 4.73. The fourth-order valence-electron chi connectivity index (χ4n) is 4.34. The third-order valence-corrected chi connectivity index (χ3v) is 6.32. The smallest absolute Gasteiger partial charge is 0.0577 e. The van der Waals surface area contributed by atoms with E-state index in [2.05, 4.69) is 13.8 Å². The van der Waals surface area contributed by atoms with Gasteiger partial charge in [-0.3, -0.25) is 0 Å². The minimum absolute atomic E-state index is 0.507. The molecule has 0 radical (unpaired) electrons. The summed E-state index contributed by atoms with van der Waals surface area (Å²) >= 11 is 0. The maximum absolute atomic E-state index is 6.12. The van der Waals surface area contributed by atoms with E-state index >= 15 is 0 Å². The maximum Gasteiger partial charge on any atom is 0.0577 e. The highest BCUT2D eigenvalue weighted by Gasteiger charge is 2.21. The molecule has 0 amide bonds. The van der Waals surface area contributed by atoms with Gasteiger partial charge in [-0.05, 0) is 38.5 Å². The molecule has 0 atom stereocenters. The molecule has 1 rings (SSSR count). The Morgan fingerprint density at radius 1 is 0.429 bits per heavy atom. The SMILES string of the molecule is CCCCCCCCCCOC1CCC(OCCCCCCCCCC)CC1. The molecule has 0 N–H and O–H groups in total. The van der Waals surface area contributed by atoms with Gasteiger partial charge < -0.3 is 9.47 Å². The van der Waals surface area contributed by atoms with E-state index < -0.39 is 0 Å². The molecule has 0 aliphatic heterocycles. The Hall–Kier alpha value is -0.0800. The van der Waals surface area contributed by atoms with E-state index in [0.29, 0.717) is 12.2 Å². The number of rotatable bonds is 20. The van der Waals surface area contributed by atoms with Gasteiger partial charge in [0.2, 0.25) is 0 Å². The van der Waals surface area contributed by atoms with Crippen LogP contribution in [0.25, 0.3) is 0 Å². The Morgan fingerprint density at radius 3 is 1.04 bits per heavy atom. The van der Waals surface area contributed by atoms with Crippen LogP contribution in [-0.2, 0) is 9.47 Å². The first-order valence-electron chi connectivity index (χ1n) is 13.1. The summed E-state index contributed by atoms with van der Waals surface area (Å²) in [4.78, 5) is 0. The van der Waals surface area contributed by atoms with E-state index in [4.69, 9.17) is 9.47 Å². The molecule has 168 valence electrons. The van der Waals surface area contributed by atoms with Gasteiger partial charge in [-0.2, -0.15) is 0 Å². The topological polar surface area (TPSA) is 18.5 Å². The number of hydrogen-bond acceptors (Lipinski definition) is 2. The Balaban J connectivity index is 1.81. The van der Waals surface area contributed by atoms with Crippen molar-refractivity contribution in [3.8, 4) is 0 Å². The average Bonchev–Trinajstić information content (AvgIpc) is 2.72. The highest BCUT2D eigenvalue weighted by Crippen LogP contribution is 2.24. The minimum Gasteiger partial charge on any atom is -0.378 e. The van der Waals surface area contributed by atoms with E-state index in [9.17, 15) is 0 Å². The van der Waals surface area contributed by atoms with Crippen molar-refractivity contribution in [3.63, 3.8) is 0 Å². The van der Waals surface area contributed by atoms with Crippen molar-refractivity contribution in [2.45, 2.75) is 154 Å². The fourth-order valence-corrected chi connectivity index (χ4v) is 4.34. The van der Waals surface area contributed by atoms with Crippen LogP contribution in [0.1, 0.15) is 142 Å². The first-order valence-corrected chi connectivity index (χ1v) is 13.1. The Bertz CT molecular complexity index is 267. The summed E-state index contributed by atoms with van der Waals surface area (Å²) in [6.45, 7) is 6.52. The van der Waals surface area contributed by atoms with Crippen LogP contribution in [0, 0.1) is 0 Å². The van der Waals surface area contributed by atoms with Crippen molar-refractivity contribution >= 4 is 0 Å². The zero-order valence-corrected chi connectivity index (χ0v) is 19.5. The van der Waals surface area contributed by atoms with Gasteiger partial charge in [-0.25, -0.2) is 0 Å². The highest BCUT2D eigenvalue weighted by atomic mass is 16.5. The van der Waals surface area contributed by atoms with Crippen molar-refractivity contribution in [1.29, 1.82) is 0 Å². The molecular formula is C26H52O2. The summed E-state index contributed by atoms with van der Waals surface area (Å²) in [5.41, 5.74) is 0. The van der Waals surface area contributed by atoms with E-state index in [1.54, 1.807) is 0 Å². The molecule has 0 heterocycles. The number of ether oxygens (including phenoxy) is 2. The number of unbranched alkanes of at least 4 members (excludes halogenated alkanes) is 14. The molecule has 1 aliphatic carbocycles. The Labute approximate surface area is 177 Å². The van der Waals surface area contributed by atoms with Crippen LogP contribution in [0.2, 0.25) is 0 Å². The lowest BCUT2D eigenvalue weighted by Gasteiger charge is -2.28. The summed E-state index contributed by atoms with van der Waals surface area (Å²) in [6, 6.07) is 0. The minimum atomic E-state index is 0.507. The third kappa shape index (κ3) is 15.8. The molecule has 0 unspecified atom stereocenters. The summed E-state index contributed by atoms with van der Waals surface area (Å²) in [5, 5.41) is 0. The van der Waals surface area contributed by atoms with E-state index in [1.807, 2.05) is 0 Å². The summed E-state index contributed by atoms with van der Waals surface area (Å²) in [7, 11) is 0. The predicted molar refractivity (Wildman–Crippen MR) is 123 cm³/mol. The first kappa shape index (κ1) is 26.0. The molecule has 1 fully saturated rings. The lowest BCUT2D eigenvalue weighted by atomic mass is 9.95. The lowest BCUT2D eigenvalue weighted by molar-refractivity contribution is -0.0327. The molecule has 1 aliphatic rings. The molecular weight excluding hydrogens is 344 g/mol. The van der Waals surface area contributed by atoms with Crippen molar-refractivity contribution in [2.75, 3.05) is 13.2 Å². The second-order valence-corrected chi connectivity index (χ2v) is 9.09. The van der Waals surface area contributed by atoms with Gasteiger partial charge in [0.1, 0.15) is 0 Å². The molecule has 0 aromatic carbocycles. The van der Waals surface area contributed by atoms with Crippen LogP contribution < -0.4 is 0 Å². The molecule has 0 saturated heterocycles. The molecule has 1 saturated carbocycles. The predicted octanol–water partition coefficient (Wildman–Crippen LogP) is 8.61. The average molecular weight is 397 g/mol. The van der Waals surface area contributed by atoms with Gasteiger partial charge in [-0.1, -0.05) is 104 Å². The molecule has 28 heavy (non-hydrogen) atoms. The van der Waals surface area contributed by atoms with Crippen molar-refractivity contribution in [1.82, 2.24) is 0 Å². The Morgan fingerprint density at radius 2 is 0.714 bits per heavy atom. The maximum atomic E-state index is 6.12. The molecule has 2 heteroatoms. The second kappa shape index (κ2) is 20.2. The van der Waals surface area contributed by atoms with Crippen LogP contribution in [-0.4, -0.2) is 25.4 Å². The standard InChI is InChI=1S/C26H52O2/c1-3-5-7-9-11-13-15-17-23-27-25-19-21-26(22-20-25)28-24-18-16-14-12-10-8-6-4-2/h25-26H,3-24H2,1-2H3. The van der Waals surface area contributed by atoms with Crippen molar-refractivity contribution in [2.24, 2.45) is 0 Å². The molecule has 2 nitrogen and oxygen atoms in total. The van der Waals surface area contributed by atoms with Gasteiger partial charge in [0.05, 0.1) is 12.2 Å². The normalized spacial score (nSPS) is 19.9. The lowest BCUT2D eigenvalue weighted by Crippen LogP contribution is -2.27. The summed E-state index contributed by atoms with van der Waals surface area (Å²) in [6.07, 6.45) is 27.9. The van der Waals surface area contributed by atoms with E-state index in [-0.39, 0.29) is 0 Å². The summed E-state index contributed by atoms with van der Waals surface area (Å²) in [5.74, 6) is 0. The first-order chi connectivity index (χ1) is 13.9. The van der Waals surface area contributed by atoms with Gasteiger partial charge in [0.25, 0.3) is 0 Å². The van der Waals surface area contributed by atoms with Gasteiger partial charge in [0.15, 0.2) is 0 Å². The van der Waals surface area contributed by atoms with Gasteiger partial charge in [-0.15, -0.1) is 0 Å². The van der Waals surface area contributed by atoms with E-state index in [1.165, 1.54) is 128 Å². The van der Waals surface area contributed by atoms with E-state index in [0.717, 1.165) is 13.2 Å². The third-order valence-electron chi connectivity index (χ3n) is 6.32. The van der Waals surface area contributed by atoms with Gasteiger partial charge >= 0.3 is 0 Å². The number of hydrogen-bond donors (Lipinski definition) is 0. The summed E-state index contributed by atoms with van der Waals surface area (Å²) < 4.78 is 12.2. The fraction of sp³-hybridized carbons (Fsp3) is 1.00. The van der Waals surface area contributed by atoms with Crippen molar-refractivity contribution in [3.05, 3.63) is 0 Å². The van der Waals surface area contributed by atoms with Crippen LogP contribution >= 0.6 is 0 Å². The van der Waals surface area contributed by atoms with Crippen LogP contribution in [0.15, 0.2) is 0 Å². The van der Waals surface area contributed by atoms with Crippen LogP contribution in [0.4, 0.5) is 0 Å². The zero-order chi connectivity index (χ0) is 20.1. The quantitative estimate of drug-likeness (QED) is 0.192. The molecule has 0 spiro atoms. The zero-order valence-electron chi connectivity index (χ0n) is 19.5. The second-order valence-electron chi connectivity index (χ2n) is 9.09. The Kier molecular flexibility index (Phi) is 18.7. The van der Waals surface area contributed by atoms with Crippen LogP contribution in [0.5, 0.6) is 0 Å². The molecule has 0 aromatic rings. The molecule has 0 aromatic heterocycles. The van der Waals surface area contributed by atoms with Crippen LogP contribution in [0.3, 0.4) is 0 Å². The van der Waals surface area contributed by atoms with Crippen molar-refractivity contribution < 1.29 is 9.47 Å². The monoisotopic (exact) mass is 396 g/mol.